The van der Waals surface area contributed by atoms with Gasteiger partial charge in [-0.1, -0.05) is 0 Å². The molecule has 3 nitrogen and oxygen atoms in total. The first-order valence-corrected chi connectivity index (χ1v) is 5.16. The molecule has 1 aromatic carbocycles. The summed E-state index contributed by atoms with van der Waals surface area (Å²) in [6.45, 7) is 0. The lowest BCUT2D eigenvalue weighted by Gasteiger charge is -1.96. The van der Waals surface area contributed by atoms with Crippen molar-refractivity contribution in [1.29, 1.82) is 0 Å². The summed E-state index contributed by atoms with van der Waals surface area (Å²) in [5.41, 5.74) is 1.72. The molecule has 1 saturated carbocycles. The lowest BCUT2D eigenvalue weighted by atomic mass is 10.1. The van der Waals surface area contributed by atoms with Gasteiger partial charge in [-0.05, 0) is 30.2 Å². The van der Waals surface area contributed by atoms with Crippen molar-refractivity contribution in [2.75, 3.05) is 0 Å². The maximum Gasteiger partial charge on any atom is 0.307 e. The molecule has 0 aliphatic heterocycles. The van der Waals surface area contributed by atoms with Gasteiger partial charge in [-0.25, -0.2) is 4.39 Å². The van der Waals surface area contributed by atoms with Gasteiger partial charge in [-0.15, -0.1) is 0 Å². The van der Waals surface area contributed by atoms with Crippen LogP contribution in [0.25, 0.3) is 10.9 Å². The molecule has 0 unspecified atom stereocenters. The van der Waals surface area contributed by atoms with Crippen LogP contribution in [-0.4, -0.2) is 16.1 Å². The molecular weight excluding hydrogens is 209 g/mol. The van der Waals surface area contributed by atoms with Gasteiger partial charge < -0.3 is 10.1 Å². The zero-order valence-electron chi connectivity index (χ0n) is 8.40. The topological polar surface area (TPSA) is 53.1 Å². The number of hydrogen-bond donors (Lipinski definition) is 2. The average molecular weight is 219 g/mol. The van der Waals surface area contributed by atoms with Crippen LogP contribution in [-0.2, 0) is 4.79 Å². The summed E-state index contributed by atoms with van der Waals surface area (Å²) >= 11 is 0. The number of hydrogen-bond acceptors (Lipinski definition) is 1. The van der Waals surface area contributed by atoms with Crippen molar-refractivity contribution in [1.82, 2.24) is 4.98 Å². The van der Waals surface area contributed by atoms with Gasteiger partial charge in [0.1, 0.15) is 5.82 Å². The molecule has 16 heavy (non-hydrogen) atoms. The van der Waals surface area contributed by atoms with Gasteiger partial charge in [-0.3, -0.25) is 4.79 Å². The van der Waals surface area contributed by atoms with Crippen LogP contribution in [0.5, 0.6) is 0 Å². The second kappa shape index (κ2) is 3.07. The van der Waals surface area contributed by atoms with E-state index in [0.29, 0.717) is 6.42 Å². The molecule has 0 amide bonds. The molecule has 0 saturated heterocycles. The number of benzene rings is 1. The minimum atomic E-state index is -0.749. The summed E-state index contributed by atoms with van der Waals surface area (Å²) < 4.78 is 13.0. The first-order chi connectivity index (χ1) is 7.66. The lowest BCUT2D eigenvalue weighted by molar-refractivity contribution is -0.138. The number of carboxylic acids is 1. The number of aromatic amines is 1. The SMILES string of the molecule is O=C(O)[C@@H]1C[C@H]1c1c[nH]c2cc(F)ccc12. The molecule has 1 aromatic heterocycles. The summed E-state index contributed by atoms with van der Waals surface area (Å²) in [7, 11) is 0. The van der Waals surface area contributed by atoms with Crippen LogP contribution in [0.15, 0.2) is 24.4 Å². The van der Waals surface area contributed by atoms with Gasteiger partial charge in [0, 0.05) is 23.0 Å². The molecule has 1 heterocycles. The highest BCUT2D eigenvalue weighted by molar-refractivity contribution is 5.86. The van der Waals surface area contributed by atoms with E-state index in [0.717, 1.165) is 16.5 Å². The zero-order chi connectivity index (χ0) is 11.3. The molecule has 1 fully saturated rings. The highest BCUT2D eigenvalue weighted by Crippen LogP contribution is 2.49. The van der Waals surface area contributed by atoms with E-state index >= 15 is 0 Å². The van der Waals surface area contributed by atoms with Gasteiger partial charge >= 0.3 is 5.97 Å². The monoisotopic (exact) mass is 219 g/mol. The number of carboxylic acid groups (broad SMARTS) is 1. The Morgan fingerprint density at radius 3 is 3.00 bits per heavy atom. The Morgan fingerprint density at radius 2 is 2.31 bits per heavy atom. The molecule has 2 N–H and O–H groups in total. The number of fused-ring (bicyclic) bond motifs is 1. The standard InChI is InChI=1S/C12H10FNO2/c13-6-1-2-7-10(5-14-11(7)3-6)8-4-9(8)12(15)16/h1-3,5,8-9,14H,4H2,(H,15,16)/t8-,9-/m1/s1. The maximum atomic E-state index is 13.0. The van der Waals surface area contributed by atoms with Crippen LogP contribution >= 0.6 is 0 Å². The Morgan fingerprint density at radius 1 is 1.50 bits per heavy atom. The van der Waals surface area contributed by atoms with Crippen LogP contribution in [0.2, 0.25) is 0 Å². The Hall–Kier alpha value is -1.84. The number of aromatic nitrogens is 1. The van der Waals surface area contributed by atoms with E-state index < -0.39 is 5.97 Å². The number of nitrogens with one attached hydrogen (secondary N) is 1. The third kappa shape index (κ3) is 1.30. The molecule has 82 valence electrons. The Kier molecular flexibility index (Phi) is 1.80. The number of halogens is 1. The van der Waals surface area contributed by atoms with E-state index in [1.54, 1.807) is 12.3 Å². The Bertz CT molecular complexity index is 575. The van der Waals surface area contributed by atoms with Crippen LogP contribution in [0.3, 0.4) is 0 Å². The van der Waals surface area contributed by atoms with Crippen molar-refractivity contribution in [2.45, 2.75) is 12.3 Å². The van der Waals surface area contributed by atoms with Gasteiger partial charge in [0.2, 0.25) is 0 Å². The summed E-state index contributed by atoms with van der Waals surface area (Å²) in [5, 5.41) is 9.79. The summed E-state index contributed by atoms with van der Waals surface area (Å²) in [5.74, 6) is -1.23. The molecule has 4 heteroatoms. The highest BCUT2D eigenvalue weighted by atomic mass is 19.1. The minimum Gasteiger partial charge on any atom is -0.481 e. The molecule has 3 rings (SSSR count). The minimum absolute atomic E-state index is 0.0803. The molecule has 0 radical (unpaired) electrons. The first-order valence-electron chi connectivity index (χ1n) is 5.16. The van der Waals surface area contributed by atoms with E-state index in [2.05, 4.69) is 4.98 Å². The van der Waals surface area contributed by atoms with Gasteiger partial charge in [0.05, 0.1) is 5.92 Å². The van der Waals surface area contributed by atoms with E-state index in [4.69, 9.17) is 5.11 Å². The second-order valence-corrected chi connectivity index (χ2v) is 4.22. The zero-order valence-corrected chi connectivity index (χ0v) is 8.40. The largest absolute Gasteiger partial charge is 0.481 e. The highest BCUT2D eigenvalue weighted by Gasteiger charge is 2.45. The molecule has 0 bridgehead atoms. The molecule has 2 atom stereocenters. The van der Waals surface area contributed by atoms with Crippen molar-refractivity contribution in [2.24, 2.45) is 5.92 Å². The molecule has 1 aliphatic carbocycles. The van der Waals surface area contributed by atoms with E-state index in [-0.39, 0.29) is 17.7 Å². The third-order valence-electron chi connectivity index (χ3n) is 3.18. The van der Waals surface area contributed by atoms with E-state index in [1.807, 2.05) is 0 Å². The smallest absolute Gasteiger partial charge is 0.307 e. The van der Waals surface area contributed by atoms with Crippen molar-refractivity contribution < 1.29 is 14.3 Å². The van der Waals surface area contributed by atoms with E-state index in [1.165, 1.54) is 12.1 Å². The summed E-state index contributed by atoms with van der Waals surface area (Å²) in [6.07, 6.45) is 2.47. The molecule has 0 spiro atoms. The first kappa shape index (κ1) is 9.39. The number of rotatable bonds is 2. The van der Waals surface area contributed by atoms with Crippen LogP contribution in [0.4, 0.5) is 4.39 Å². The number of aliphatic carboxylic acids is 1. The van der Waals surface area contributed by atoms with Gasteiger partial charge in [-0.2, -0.15) is 0 Å². The third-order valence-corrected chi connectivity index (χ3v) is 3.18. The molecule has 1 aliphatic rings. The number of carbonyl (C=O) groups is 1. The van der Waals surface area contributed by atoms with E-state index in [9.17, 15) is 9.18 Å². The van der Waals surface area contributed by atoms with Crippen molar-refractivity contribution in [3.63, 3.8) is 0 Å². The van der Waals surface area contributed by atoms with Crippen LogP contribution < -0.4 is 0 Å². The number of H-pyrrole nitrogens is 1. The molecule has 2 aromatic rings. The van der Waals surface area contributed by atoms with Crippen molar-refractivity contribution in [3.05, 3.63) is 35.8 Å². The second-order valence-electron chi connectivity index (χ2n) is 4.22. The van der Waals surface area contributed by atoms with Crippen LogP contribution in [0, 0.1) is 11.7 Å². The maximum absolute atomic E-state index is 13.0. The van der Waals surface area contributed by atoms with Crippen molar-refractivity contribution >= 4 is 16.9 Å². The fourth-order valence-corrected chi connectivity index (χ4v) is 2.24. The van der Waals surface area contributed by atoms with Gasteiger partial charge in [0.15, 0.2) is 0 Å². The lowest BCUT2D eigenvalue weighted by Crippen LogP contribution is -1.98. The quantitative estimate of drug-likeness (QED) is 0.815. The predicted molar refractivity (Wildman–Crippen MR) is 56.7 cm³/mol. The average Bonchev–Trinajstić information content (AvgIpc) is 2.93. The normalized spacial score (nSPS) is 23.6. The molecular formula is C12H10FNO2. The fourth-order valence-electron chi connectivity index (χ4n) is 2.24. The summed E-state index contributed by atoms with van der Waals surface area (Å²) in [6, 6.07) is 4.53. The Balaban J connectivity index is 2.03. The van der Waals surface area contributed by atoms with Gasteiger partial charge in [0.25, 0.3) is 0 Å². The van der Waals surface area contributed by atoms with Crippen LogP contribution in [0.1, 0.15) is 17.9 Å². The Labute approximate surface area is 90.9 Å². The van der Waals surface area contributed by atoms with Crippen molar-refractivity contribution in [3.8, 4) is 0 Å². The summed E-state index contributed by atoms with van der Waals surface area (Å²) in [4.78, 5) is 13.8. The predicted octanol–water partition coefficient (Wildman–Crippen LogP) is 2.50. The fraction of sp³-hybridized carbons (Fsp3) is 0.250.